The van der Waals surface area contributed by atoms with Crippen molar-refractivity contribution in [2.24, 2.45) is 0 Å². The van der Waals surface area contributed by atoms with E-state index in [1.165, 1.54) is 41.1 Å². The molecule has 6 rings (SSSR count). The summed E-state index contributed by atoms with van der Waals surface area (Å²) in [5.41, 5.74) is -0.132. The summed E-state index contributed by atoms with van der Waals surface area (Å²) in [6.45, 7) is 9.72. The first kappa shape index (κ1) is 29.9. The number of hydrogen-bond donors (Lipinski definition) is 1. The highest BCUT2D eigenvalue weighted by molar-refractivity contribution is 6.07. The van der Waals surface area contributed by atoms with Crippen molar-refractivity contribution in [3.05, 3.63) is 76.6 Å². The van der Waals surface area contributed by atoms with Gasteiger partial charge in [-0.25, -0.2) is 23.7 Å². The molecular weight excluding hydrogens is 584 g/mol. The van der Waals surface area contributed by atoms with E-state index in [1.54, 1.807) is 11.8 Å². The molecule has 0 aliphatic carbocycles. The monoisotopic (exact) mass is 615 g/mol. The molecule has 5 heterocycles. The van der Waals surface area contributed by atoms with Crippen molar-refractivity contribution in [1.82, 2.24) is 24.4 Å². The molecule has 13 heteroatoms. The highest BCUT2D eigenvalue weighted by atomic mass is 19.1. The number of benzene rings is 1. The number of pyridine rings is 2. The first-order valence-corrected chi connectivity index (χ1v) is 14.5. The summed E-state index contributed by atoms with van der Waals surface area (Å²) in [6.07, 6.45) is 2.57. The Hall–Kier alpha value is -5.20. The van der Waals surface area contributed by atoms with Crippen LogP contribution in [0, 0.1) is 18.6 Å². The summed E-state index contributed by atoms with van der Waals surface area (Å²) in [4.78, 5) is 58.8. The SMILES string of the molecule is C=CC(=O)N1CCN2c3c(c(=O)n(-c4c(C)ncnc4C(C)C)c4nc(-c5c(O)cccc5F)c(F)cc34)N(C)C(=O)C[C@H]2C1. The van der Waals surface area contributed by atoms with Crippen LogP contribution in [-0.2, 0) is 9.59 Å². The lowest BCUT2D eigenvalue weighted by Gasteiger charge is -2.42. The van der Waals surface area contributed by atoms with Crippen LogP contribution in [0.5, 0.6) is 5.75 Å². The van der Waals surface area contributed by atoms with Crippen molar-refractivity contribution in [1.29, 1.82) is 0 Å². The molecule has 0 radical (unpaired) electrons. The van der Waals surface area contributed by atoms with Gasteiger partial charge in [0, 0.05) is 38.5 Å². The van der Waals surface area contributed by atoms with Crippen LogP contribution in [0.15, 0.2) is 48.0 Å². The van der Waals surface area contributed by atoms with E-state index in [0.29, 0.717) is 17.1 Å². The van der Waals surface area contributed by atoms with Gasteiger partial charge in [-0.2, -0.15) is 0 Å². The Bertz CT molecular complexity index is 1960. The number of aromatic hydroxyl groups is 1. The molecule has 1 fully saturated rings. The molecule has 0 unspecified atom stereocenters. The summed E-state index contributed by atoms with van der Waals surface area (Å²) < 4.78 is 32.5. The largest absolute Gasteiger partial charge is 0.507 e. The average Bonchev–Trinajstić information content (AvgIpc) is 3.11. The van der Waals surface area contributed by atoms with Gasteiger partial charge in [0.05, 0.1) is 34.4 Å². The van der Waals surface area contributed by atoms with Crippen molar-refractivity contribution in [3.8, 4) is 22.7 Å². The van der Waals surface area contributed by atoms with Gasteiger partial charge in [0.25, 0.3) is 5.56 Å². The van der Waals surface area contributed by atoms with E-state index in [0.717, 1.165) is 12.1 Å². The fourth-order valence-corrected chi connectivity index (χ4v) is 6.28. The number of phenols is 1. The zero-order chi connectivity index (χ0) is 32.3. The van der Waals surface area contributed by atoms with Crippen molar-refractivity contribution >= 4 is 34.2 Å². The van der Waals surface area contributed by atoms with E-state index >= 15 is 8.78 Å². The number of halogens is 2. The number of fused-ring (bicyclic) bond motifs is 5. The number of amides is 2. The maximum absolute atomic E-state index is 16.2. The molecule has 3 aromatic heterocycles. The number of carbonyl (C=O) groups is 2. The normalized spacial score (nSPS) is 16.6. The molecule has 2 amide bonds. The van der Waals surface area contributed by atoms with Gasteiger partial charge in [0.15, 0.2) is 11.5 Å². The van der Waals surface area contributed by atoms with E-state index in [2.05, 4.69) is 21.5 Å². The topological polar surface area (TPSA) is 125 Å². The number of carbonyl (C=O) groups excluding carboxylic acids is 2. The third-order valence-electron chi connectivity index (χ3n) is 8.46. The summed E-state index contributed by atoms with van der Waals surface area (Å²) in [6, 6.07) is 4.19. The van der Waals surface area contributed by atoms with Crippen LogP contribution in [-0.4, -0.2) is 74.1 Å². The Morgan fingerprint density at radius 2 is 1.87 bits per heavy atom. The molecule has 1 N–H and O–H groups in total. The van der Waals surface area contributed by atoms with Crippen molar-refractivity contribution < 1.29 is 23.5 Å². The second kappa shape index (κ2) is 11.1. The minimum Gasteiger partial charge on any atom is -0.507 e. The summed E-state index contributed by atoms with van der Waals surface area (Å²) in [7, 11) is 1.48. The number of phenolic OH excluding ortho intramolecular Hbond substituents is 1. The highest BCUT2D eigenvalue weighted by Gasteiger charge is 2.40. The molecule has 2 aliphatic heterocycles. The van der Waals surface area contributed by atoms with Crippen molar-refractivity contribution in [2.45, 2.75) is 39.2 Å². The zero-order valence-electron chi connectivity index (χ0n) is 25.2. The molecular formula is C32H31F2N7O4. The standard InChI is InChI=1S/C32H31F2N7O4/c1-6-23(43)39-10-11-40-18(14-39)12-24(44)38(5)30-29(40)19-13-21(34)27(25-20(33)8-7-9-22(25)42)37-31(19)41(32(30)45)28-17(4)35-15-36-26(28)16(2)3/h6-9,13,15-16,18,42H,1,10-12,14H2,2-5H3/t18-/m0/s1. The van der Waals surface area contributed by atoms with Crippen LogP contribution in [0.1, 0.15) is 37.6 Å². The van der Waals surface area contributed by atoms with Gasteiger partial charge >= 0.3 is 0 Å². The first-order valence-electron chi connectivity index (χ1n) is 14.5. The molecule has 0 bridgehead atoms. The van der Waals surface area contributed by atoms with Crippen LogP contribution in [0.25, 0.3) is 28.0 Å². The van der Waals surface area contributed by atoms with Crippen molar-refractivity contribution in [2.75, 3.05) is 36.5 Å². The van der Waals surface area contributed by atoms with Crippen LogP contribution in [0.2, 0.25) is 0 Å². The molecule has 2 aliphatic rings. The van der Waals surface area contributed by atoms with Gasteiger partial charge in [-0.3, -0.25) is 19.0 Å². The van der Waals surface area contributed by atoms with E-state index in [-0.39, 0.29) is 66.2 Å². The minimum atomic E-state index is -0.948. The number of hydrogen-bond acceptors (Lipinski definition) is 8. The number of aryl methyl sites for hydroxylation is 1. The lowest BCUT2D eigenvalue weighted by Crippen LogP contribution is -2.55. The van der Waals surface area contributed by atoms with Gasteiger partial charge < -0.3 is 19.8 Å². The molecule has 0 saturated carbocycles. The van der Waals surface area contributed by atoms with Crippen LogP contribution < -0.4 is 15.4 Å². The number of aromatic nitrogens is 4. The number of rotatable bonds is 4. The Labute approximate surface area is 257 Å². The van der Waals surface area contributed by atoms with Gasteiger partial charge in [0.1, 0.15) is 29.3 Å². The molecule has 11 nitrogen and oxygen atoms in total. The molecule has 1 aromatic carbocycles. The second-order valence-corrected chi connectivity index (χ2v) is 11.5. The maximum Gasteiger partial charge on any atom is 0.283 e. The first-order chi connectivity index (χ1) is 21.4. The minimum absolute atomic E-state index is 0.000791. The Kier molecular flexibility index (Phi) is 7.34. The lowest BCUT2D eigenvalue weighted by atomic mass is 10.0. The van der Waals surface area contributed by atoms with E-state index in [4.69, 9.17) is 0 Å². The number of nitrogens with zero attached hydrogens (tertiary/aromatic N) is 7. The van der Waals surface area contributed by atoms with E-state index < -0.39 is 40.2 Å². The smallest absolute Gasteiger partial charge is 0.283 e. The highest BCUT2D eigenvalue weighted by Crippen LogP contribution is 2.42. The number of piperazine rings is 1. The number of anilines is 2. The predicted octanol–water partition coefficient (Wildman–Crippen LogP) is 3.83. The van der Waals surface area contributed by atoms with Gasteiger partial charge in [-0.15, -0.1) is 0 Å². The van der Waals surface area contributed by atoms with E-state index in [1.807, 2.05) is 18.7 Å². The van der Waals surface area contributed by atoms with Crippen LogP contribution >= 0.6 is 0 Å². The van der Waals surface area contributed by atoms with Gasteiger partial charge in [-0.05, 0) is 37.1 Å². The maximum atomic E-state index is 16.2. The predicted molar refractivity (Wildman–Crippen MR) is 165 cm³/mol. The summed E-state index contributed by atoms with van der Waals surface area (Å²) in [5, 5.41) is 10.7. The second-order valence-electron chi connectivity index (χ2n) is 11.5. The third-order valence-corrected chi connectivity index (χ3v) is 8.46. The van der Waals surface area contributed by atoms with Gasteiger partial charge in [-0.1, -0.05) is 26.5 Å². The molecule has 1 saturated heterocycles. The summed E-state index contributed by atoms with van der Waals surface area (Å²) >= 11 is 0. The molecule has 1 atom stereocenters. The fourth-order valence-electron chi connectivity index (χ4n) is 6.28. The molecule has 4 aromatic rings. The Balaban J connectivity index is 1.76. The molecule has 232 valence electrons. The quantitative estimate of drug-likeness (QED) is 0.344. The Morgan fingerprint density at radius 1 is 1.11 bits per heavy atom. The lowest BCUT2D eigenvalue weighted by molar-refractivity contribution is -0.127. The zero-order valence-corrected chi connectivity index (χ0v) is 25.2. The fraction of sp³-hybridized carbons (Fsp3) is 0.312. The molecule has 45 heavy (non-hydrogen) atoms. The van der Waals surface area contributed by atoms with Crippen molar-refractivity contribution in [3.63, 3.8) is 0 Å². The summed E-state index contributed by atoms with van der Waals surface area (Å²) in [5.74, 6) is -3.22. The third kappa shape index (κ3) is 4.69. The average molecular weight is 616 g/mol. The van der Waals surface area contributed by atoms with Crippen LogP contribution in [0.4, 0.5) is 20.2 Å². The van der Waals surface area contributed by atoms with E-state index in [9.17, 15) is 19.5 Å². The molecule has 0 spiro atoms. The van der Waals surface area contributed by atoms with Gasteiger partial charge in [0.2, 0.25) is 11.8 Å². The Morgan fingerprint density at radius 3 is 2.56 bits per heavy atom. The van der Waals surface area contributed by atoms with Crippen LogP contribution in [0.3, 0.4) is 0 Å².